The molecule has 0 aliphatic carbocycles. The number of rotatable bonds is 6. The standard InChI is InChI=1S/C18H24N2O2/c1-13(9-10-21)12-19-18(22)17-11-14(2)20(15(17)3)16-7-5-4-6-8-16/h4-8,11,13,21H,9-10,12H2,1-3H3,(H,19,22). The number of nitrogens with zero attached hydrogens (tertiary/aromatic N) is 1. The lowest BCUT2D eigenvalue weighted by Crippen LogP contribution is -2.29. The van der Waals surface area contributed by atoms with Crippen molar-refractivity contribution in [3.63, 3.8) is 0 Å². The van der Waals surface area contributed by atoms with E-state index in [9.17, 15) is 4.79 Å². The number of aliphatic hydroxyl groups is 1. The molecule has 1 aromatic carbocycles. The van der Waals surface area contributed by atoms with Crippen LogP contribution in [0.25, 0.3) is 5.69 Å². The molecule has 118 valence electrons. The third-order valence-corrected chi connectivity index (χ3v) is 3.92. The first-order valence-electron chi connectivity index (χ1n) is 7.68. The van der Waals surface area contributed by atoms with E-state index >= 15 is 0 Å². The van der Waals surface area contributed by atoms with Gasteiger partial charge in [-0.2, -0.15) is 0 Å². The fraction of sp³-hybridized carbons (Fsp3) is 0.389. The maximum absolute atomic E-state index is 12.4. The van der Waals surface area contributed by atoms with Crippen molar-refractivity contribution in [3.8, 4) is 5.69 Å². The lowest BCUT2D eigenvalue weighted by molar-refractivity contribution is 0.0945. The lowest BCUT2D eigenvalue weighted by Gasteiger charge is -2.12. The topological polar surface area (TPSA) is 54.3 Å². The van der Waals surface area contributed by atoms with E-state index in [-0.39, 0.29) is 18.4 Å². The van der Waals surface area contributed by atoms with Crippen LogP contribution in [0.15, 0.2) is 36.4 Å². The van der Waals surface area contributed by atoms with E-state index in [0.29, 0.717) is 18.5 Å². The van der Waals surface area contributed by atoms with Crippen molar-refractivity contribution in [2.45, 2.75) is 27.2 Å². The molecular formula is C18H24N2O2. The SMILES string of the molecule is Cc1cc(C(=O)NCC(C)CCO)c(C)n1-c1ccccc1. The minimum atomic E-state index is -0.0555. The fourth-order valence-corrected chi connectivity index (χ4v) is 2.65. The quantitative estimate of drug-likeness (QED) is 0.862. The van der Waals surface area contributed by atoms with Crippen LogP contribution in [0.3, 0.4) is 0 Å². The Morgan fingerprint density at radius 3 is 2.59 bits per heavy atom. The predicted octanol–water partition coefficient (Wildman–Crippen LogP) is 2.84. The Hall–Kier alpha value is -2.07. The van der Waals surface area contributed by atoms with Crippen LogP contribution in [0.2, 0.25) is 0 Å². The molecule has 0 saturated carbocycles. The van der Waals surface area contributed by atoms with Crippen LogP contribution >= 0.6 is 0 Å². The van der Waals surface area contributed by atoms with E-state index in [4.69, 9.17) is 5.11 Å². The number of nitrogens with one attached hydrogen (secondary N) is 1. The fourth-order valence-electron chi connectivity index (χ4n) is 2.65. The van der Waals surface area contributed by atoms with E-state index in [0.717, 1.165) is 17.1 Å². The van der Waals surface area contributed by atoms with Crippen LogP contribution in [0.5, 0.6) is 0 Å². The maximum Gasteiger partial charge on any atom is 0.253 e. The Bertz CT molecular complexity index is 632. The lowest BCUT2D eigenvalue weighted by atomic mass is 10.1. The molecule has 2 aromatic rings. The van der Waals surface area contributed by atoms with Gasteiger partial charge in [0.15, 0.2) is 0 Å². The zero-order valence-corrected chi connectivity index (χ0v) is 13.5. The second-order valence-electron chi connectivity index (χ2n) is 5.78. The molecule has 0 spiro atoms. The van der Waals surface area contributed by atoms with Crippen molar-refractivity contribution in [2.24, 2.45) is 5.92 Å². The molecule has 1 amide bonds. The van der Waals surface area contributed by atoms with Gasteiger partial charge in [-0.05, 0) is 44.4 Å². The zero-order valence-electron chi connectivity index (χ0n) is 13.5. The first-order chi connectivity index (χ1) is 10.5. The highest BCUT2D eigenvalue weighted by Crippen LogP contribution is 2.20. The van der Waals surface area contributed by atoms with Crippen LogP contribution < -0.4 is 5.32 Å². The van der Waals surface area contributed by atoms with Crippen LogP contribution in [0, 0.1) is 19.8 Å². The maximum atomic E-state index is 12.4. The molecule has 1 heterocycles. The Kier molecular flexibility index (Phi) is 5.39. The molecule has 1 unspecified atom stereocenters. The van der Waals surface area contributed by atoms with Gasteiger partial charge in [0.2, 0.25) is 0 Å². The largest absolute Gasteiger partial charge is 0.396 e. The summed E-state index contributed by atoms with van der Waals surface area (Å²) in [5.74, 6) is 0.214. The number of carbonyl (C=O) groups excluding carboxylic acids is 1. The number of aryl methyl sites for hydroxylation is 1. The molecule has 0 saturated heterocycles. The minimum Gasteiger partial charge on any atom is -0.396 e. The molecule has 0 radical (unpaired) electrons. The normalized spacial score (nSPS) is 12.2. The van der Waals surface area contributed by atoms with Gasteiger partial charge in [-0.15, -0.1) is 0 Å². The third-order valence-electron chi connectivity index (χ3n) is 3.92. The molecule has 4 nitrogen and oxygen atoms in total. The number of hydrogen-bond acceptors (Lipinski definition) is 2. The molecule has 22 heavy (non-hydrogen) atoms. The summed E-state index contributed by atoms with van der Waals surface area (Å²) in [5.41, 5.74) is 3.75. The summed E-state index contributed by atoms with van der Waals surface area (Å²) in [6.07, 6.45) is 0.698. The van der Waals surface area contributed by atoms with Crippen molar-refractivity contribution in [1.82, 2.24) is 9.88 Å². The number of benzene rings is 1. The monoisotopic (exact) mass is 300 g/mol. The smallest absolute Gasteiger partial charge is 0.253 e. The molecular weight excluding hydrogens is 276 g/mol. The van der Waals surface area contributed by atoms with E-state index in [1.165, 1.54) is 0 Å². The second-order valence-corrected chi connectivity index (χ2v) is 5.78. The third kappa shape index (κ3) is 3.57. The number of hydrogen-bond donors (Lipinski definition) is 2. The van der Waals surface area contributed by atoms with Crippen LogP contribution in [0.1, 0.15) is 35.1 Å². The van der Waals surface area contributed by atoms with E-state index in [1.807, 2.05) is 57.2 Å². The highest BCUT2D eigenvalue weighted by Gasteiger charge is 2.16. The van der Waals surface area contributed by atoms with Gasteiger partial charge >= 0.3 is 0 Å². The van der Waals surface area contributed by atoms with Crippen LogP contribution in [-0.2, 0) is 0 Å². The number of carbonyl (C=O) groups is 1. The van der Waals surface area contributed by atoms with Gasteiger partial charge in [0.1, 0.15) is 0 Å². The summed E-state index contributed by atoms with van der Waals surface area (Å²) in [4.78, 5) is 12.4. The van der Waals surface area contributed by atoms with E-state index in [2.05, 4.69) is 9.88 Å². The van der Waals surface area contributed by atoms with Gasteiger partial charge in [0.25, 0.3) is 5.91 Å². The van der Waals surface area contributed by atoms with Crippen molar-refractivity contribution in [2.75, 3.05) is 13.2 Å². The second kappa shape index (κ2) is 7.27. The zero-order chi connectivity index (χ0) is 16.1. The van der Waals surface area contributed by atoms with Gasteiger partial charge in [-0.1, -0.05) is 25.1 Å². The Morgan fingerprint density at radius 1 is 1.27 bits per heavy atom. The van der Waals surface area contributed by atoms with Crippen molar-refractivity contribution in [1.29, 1.82) is 0 Å². The number of aromatic nitrogens is 1. The predicted molar refractivity (Wildman–Crippen MR) is 88.4 cm³/mol. The first kappa shape index (κ1) is 16.3. The Labute approximate surface area is 131 Å². The molecule has 1 atom stereocenters. The van der Waals surface area contributed by atoms with Gasteiger partial charge < -0.3 is 15.0 Å². The van der Waals surface area contributed by atoms with Gasteiger partial charge in [0.05, 0.1) is 5.56 Å². The summed E-state index contributed by atoms with van der Waals surface area (Å²) in [5, 5.41) is 11.9. The van der Waals surface area contributed by atoms with Gasteiger partial charge in [0, 0.05) is 30.2 Å². The van der Waals surface area contributed by atoms with Crippen LogP contribution in [-0.4, -0.2) is 28.7 Å². The summed E-state index contributed by atoms with van der Waals surface area (Å²) in [6.45, 7) is 6.72. The molecule has 0 aliphatic heterocycles. The first-order valence-corrected chi connectivity index (χ1v) is 7.68. The van der Waals surface area contributed by atoms with Gasteiger partial charge in [-0.3, -0.25) is 4.79 Å². The van der Waals surface area contributed by atoms with E-state index in [1.54, 1.807) is 0 Å². The van der Waals surface area contributed by atoms with Crippen molar-refractivity contribution < 1.29 is 9.90 Å². The summed E-state index contributed by atoms with van der Waals surface area (Å²) in [7, 11) is 0. The van der Waals surface area contributed by atoms with Crippen molar-refractivity contribution in [3.05, 3.63) is 53.3 Å². The Morgan fingerprint density at radius 2 is 1.95 bits per heavy atom. The molecule has 0 aliphatic rings. The molecule has 2 rings (SSSR count). The summed E-state index contributed by atoms with van der Waals surface area (Å²) in [6, 6.07) is 12.0. The summed E-state index contributed by atoms with van der Waals surface area (Å²) >= 11 is 0. The van der Waals surface area contributed by atoms with Crippen LogP contribution in [0.4, 0.5) is 0 Å². The molecule has 1 aromatic heterocycles. The summed E-state index contributed by atoms with van der Waals surface area (Å²) < 4.78 is 2.09. The molecule has 0 bridgehead atoms. The average molecular weight is 300 g/mol. The van der Waals surface area contributed by atoms with E-state index < -0.39 is 0 Å². The Balaban J connectivity index is 2.18. The minimum absolute atomic E-state index is 0.0555. The highest BCUT2D eigenvalue weighted by molar-refractivity contribution is 5.95. The number of aliphatic hydroxyl groups excluding tert-OH is 1. The van der Waals surface area contributed by atoms with Crippen molar-refractivity contribution >= 4 is 5.91 Å². The molecule has 0 fully saturated rings. The highest BCUT2D eigenvalue weighted by atomic mass is 16.3. The van der Waals surface area contributed by atoms with Gasteiger partial charge in [-0.25, -0.2) is 0 Å². The average Bonchev–Trinajstić information content (AvgIpc) is 2.81. The molecule has 2 N–H and O–H groups in total. The molecule has 4 heteroatoms. The number of para-hydroxylation sites is 1. The number of amides is 1.